The van der Waals surface area contributed by atoms with E-state index < -0.39 is 23.8 Å². The molecule has 0 spiro atoms. The van der Waals surface area contributed by atoms with Gasteiger partial charge in [-0.25, -0.2) is 9.59 Å². The van der Waals surface area contributed by atoms with Crippen LogP contribution < -0.4 is 5.32 Å². The average molecular weight is 283 g/mol. The number of carbonyl (C=O) groups is 2. The number of nitrogens with one attached hydrogen (secondary N) is 1. The van der Waals surface area contributed by atoms with E-state index in [9.17, 15) is 19.8 Å². The van der Waals surface area contributed by atoms with Crippen molar-refractivity contribution in [2.75, 3.05) is 5.32 Å². The third-order valence-corrected chi connectivity index (χ3v) is 2.21. The number of anilines is 1. The molecule has 0 aliphatic rings. The first-order valence-electron chi connectivity index (χ1n) is 5.84. The molecule has 1 aromatic carbocycles. The number of aliphatic carboxylic acids is 1. The van der Waals surface area contributed by atoms with Crippen LogP contribution in [0.15, 0.2) is 18.2 Å². The molecule has 0 aliphatic heterocycles. The standard InChI is InChI=1S/C13H17NO6/c1-13(2,3)20-12(19)14-8-6-7(4-5-9(8)15)10(16)11(17)18/h4-6,10,15-16H,1-3H3,(H,14,19)(H,17,18). The number of aliphatic hydroxyl groups is 1. The number of ether oxygens (including phenoxy) is 1. The molecule has 20 heavy (non-hydrogen) atoms. The minimum Gasteiger partial charge on any atom is -0.506 e. The first-order valence-corrected chi connectivity index (χ1v) is 5.84. The summed E-state index contributed by atoms with van der Waals surface area (Å²) in [4.78, 5) is 22.3. The lowest BCUT2D eigenvalue weighted by Crippen LogP contribution is -2.27. The van der Waals surface area contributed by atoms with E-state index in [4.69, 9.17) is 9.84 Å². The van der Waals surface area contributed by atoms with Gasteiger partial charge in [0, 0.05) is 0 Å². The number of hydrogen-bond acceptors (Lipinski definition) is 5. The van der Waals surface area contributed by atoms with E-state index >= 15 is 0 Å². The first kappa shape index (κ1) is 15.8. The van der Waals surface area contributed by atoms with Crippen LogP contribution in [-0.4, -0.2) is 33.0 Å². The summed E-state index contributed by atoms with van der Waals surface area (Å²) >= 11 is 0. The molecule has 0 aliphatic carbocycles. The number of carboxylic acid groups (broad SMARTS) is 1. The molecule has 110 valence electrons. The Labute approximate surface area is 115 Å². The van der Waals surface area contributed by atoms with Crippen molar-refractivity contribution in [3.8, 4) is 5.75 Å². The maximum atomic E-state index is 11.6. The van der Waals surface area contributed by atoms with Crippen molar-refractivity contribution in [1.29, 1.82) is 0 Å². The zero-order valence-electron chi connectivity index (χ0n) is 11.4. The van der Waals surface area contributed by atoms with Gasteiger partial charge >= 0.3 is 12.1 Å². The number of carboxylic acids is 1. The van der Waals surface area contributed by atoms with Crippen molar-refractivity contribution in [3.05, 3.63) is 23.8 Å². The Morgan fingerprint density at radius 1 is 1.30 bits per heavy atom. The largest absolute Gasteiger partial charge is 0.506 e. The van der Waals surface area contributed by atoms with Crippen LogP contribution >= 0.6 is 0 Å². The van der Waals surface area contributed by atoms with E-state index in [1.165, 1.54) is 12.1 Å². The van der Waals surface area contributed by atoms with Crippen LogP contribution in [0, 0.1) is 0 Å². The van der Waals surface area contributed by atoms with Crippen molar-refractivity contribution < 1.29 is 29.6 Å². The molecule has 1 amide bonds. The molecule has 1 rings (SSSR count). The number of phenols is 1. The fourth-order valence-corrected chi connectivity index (χ4v) is 1.38. The molecule has 0 heterocycles. The van der Waals surface area contributed by atoms with Crippen LogP contribution in [0.3, 0.4) is 0 Å². The smallest absolute Gasteiger partial charge is 0.412 e. The van der Waals surface area contributed by atoms with Gasteiger partial charge in [-0.15, -0.1) is 0 Å². The van der Waals surface area contributed by atoms with E-state index in [0.717, 1.165) is 6.07 Å². The molecule has 7 nitrogen and oxygen atoms in total. The molecule has 4 N–H and O–H groups in total. The summed E-state index contributed by atoms with van der Waals surface area (Å²) in [7, 11) is 0. The van der Waals surface area contributed by atoms with Crippen LogP contribution in [0.2, 0.25) is 0 Å². The maximum Gasteiger partial charge on any atom is 0.412 e. The Hall–Kier alpha value is -2.28. The number of phenolic OH excluding ortho intramolecular Hbond substituents is 1. The molecule has 0 aromatic heterocycles. The van der Waals surface area contributed by atoms with Crippen LogP contribution in [-0.2, 0) is 9.53 Å². The number of aliphatic hydroxyl groups excluding tert-OH is 1. The highest BCUT2D eigenvalue weighted by atomic mass is 16.6. The predicted octanol–water partition coefficient (Wildman–Crippen LogP) is 1.86. The monoisotopic (exact) mass is 283 g/mol. The lowest BCUT2D eigenvalue weighted by molar-refractivity contribution is -0.146. The zero-order valence-corrected chi connectivity index (χ0v) is 11.4. The summed E-state index contributed by atoms with van der Waals surface area (Å²) < 4.78 is 5.00. The lowest BCUT2D eigenvalue weighted by atomic mass is 10.1. The normalized spacial score (nSPS) is 12.6. The van der Waals surface area contributed by atoms with Gasteiger partial charge in [-0.3, -0.25) is 5.32 Å². The van der Waals surface area contributed by atoms with Gasteiger partial charge in [0.2, 0.25) is 0 Å². The van der Waals surface area contributed by atoms with Gasteiger partial charge in [0.25, 0.3) is 0 Å². The van der Waals surface area contributed by atoms with Gasteiger partial charge in [-0.1, -0.05) is 6.07 Å². The molecule has 0 bridgehead atoms. The molecule has 1 aromatic rings. The van der Waals surface area contributed by atoms with E-state index in [0.29, 0.717) is 0 Å². The minimum absolute atomic E-state index is 0.0290. The molecule has 1 atom stereocenters. The maximum absolute atomic E-state index is 11.6. The number of amides is 1. The summed E-state index contributed by atoms with van der Waals surface area (Å²) in [6, 6.07) is 3.58. The van der Waals surface area contributed by atoms with Crippen molar-refractivity contribution in [3.63, 3.8) is 0 Å². The second-order valence-corrected chi connectivity index (χ2v) is 5.14. The zero-order chi connectivity index (χ0) is 15.5. The Balaban J connectivity index is 2.92. The number of benzene rings is 1. The third kappa shape index (κ3) is 4.43. The second-order valence-electron chi connectivity index (χ2n) is 5.14. The highest BCUT2D eigenvalue weighted by molar-refractivity contribution is 5.87. The molecule has 0 radical (unpaired) electrons. The number of carbonyl (C=O) groups excluding carboxylic acids is 1. The van der Waals surface area contributed by atoms with Crippen molar-refractivity contribution in [2.45, 2.75) is 32.5 Å². The van der Waals surface area contributed by atoms with Gasteiger partial charge in [0.15, 0.2) is 6.10 Å². The Morgan fingerprint density at radius 2 is 1.90 bits per heavy atom. The summed E-state index contributed by atoms with van der Waals surface area (Å²) in [5, 5.41) is 30.0. The Morgan fingerprint density at radius 3 is 2.40 bits per heavy atom. The van der Waals surface area contributed by atoms with Crippen LogP contribution in [0.1, 0.15) is 32.4 Å². The third-order valence-electron chi connectivity index (χ3n) is 2.21. The van der Waals surface area contributed by atoms with Gasteiger partial charge in [0.1, 0.15) is 11.4 Å². The Kier molecular flexibility index (Phi) is 4.57. The van der Waals surface area contributed by atoms with E-state index in [-0.39, 0.29) is 17.0 Å². The molecule has 7 heteroatoms. The van der Waals surface area contributed by atoms with Gasteiger partial charge in [0.05, 0.1) is 5.69 Å². The highest BCUT2D eigenvalue weighted by Crippen LogP contribution is 2.27. The fraction of sp³-hybridized carbons (Fsp3) is 0.385. The van der Waals surface area contributed by atoms with Crippen molar-refractivity contribution in [1.82, 2.24) is 0 Å². The number of rotatable bonds is 3. The SMILES string of the molecule is CC(C)(C)OC(=O)Nc1cc(C(O)C(=O)O)ccc1O. The van der Waals surface area contributed by atoms with Gasteiger partial charge in [-0.2, -0.15) is 0 Å². The lowest BCUT2D eigenvalue weighted by Gasteiger charge is -2.20. The van der Waals surface area contributed by atoms with E-state index in [1.807, 2.05) is 0 Å². The summed E-state index contributed by atoms with van der Waals surface area (Å²) in [5.74, 6) is -1.70. The van der Waals surface area contributed by atoms with Gasteiger partial charge < -0.3 is 20.1 Å². The topological polar surface area (TPSA) is 116 Å². The number of aromatic hydroxyl groups is 1. The fourth-order valence-electron chi connectivity index (χ4n) is 1.38. The highest BCUT2D eigenvalue weighted by Gasteiger charge is 2.20. The quantitative estimate of drug-likeness (QED) is 0.629. The van der Waals surface area contributed by atoms with Gasteiger partial charge in [-0.05, 0) is 38.5 Å². The minimum atomic E-state index is -1.74. The van der Waals surface area contributed by atoms with E-state index in [2.05, 4.69) is 5.32 Å². The molecular weight excluding hydrogens is 266 g/mol. The molecule has 1 unspecified atom stereocenters. The first-order chi connectivity index (χ1) is 9.10. The van der Waals surface area contributed by atoms with Crippen LogP contribution in [0.25, 0.3) is 0 Å². The number of hydrogen-bond donors (Lipinski definition) is 4. The molecule has 0 saturated heterocycles. The average Bonchev–Trinajstić information content (AvgIpc) is 2.28. The Bertz CT molecular complexity index is 520. The predicted molar refractivity (Wildman–Crippen MR) is 70.6 cm³/mol. The summed E-state index contributed by atoms with van der Waals surface area (Å²) in [6.45, 7) is 5.03. The van der Waals surface area contributed by atoms with Crippen LogP contribution in [0.4, 0.5) is 10.5 Å². The molecule has 0 saturated carbocycles. The molecular formula is C13H17NO6. The summed E-state index contributed by atoms with van der Waals surface area (Å²) in [6.07, 6.45) is -2.54. The van der Waals surface area contributed by atoms with Crippen LogP contribution in [0.5, 0.6) is 5.75 Å². The van der Waals surface area contributed by atoms with Crippen molar-refractivity contribution >= 4 is 17.7 Å². The second kappa shape index (κ2) is 5.79. The summed E-state index contributed by atoms with van der Waals surface area (Å²) in [5.41, 5.74) is -0.726. The molecule has 0 fully saturated rings. The van der Waals surface area contributed by atoms with E-state index in [1.54, 1.807) is 20.8 Å². The van der Waals surface area contributed by atoms with Crippen molar-refractivity contribution in [2.24, 2.45) is 0 Å².